The Hall–Kier alpha value is -1.30. The zero-order chi connectivity index (χ0) is 12.7. The minimum atomic E-state index is -0.754. The first kappa shape index (κ1) is 13.8. The monoisotopic (exact) mass is 243 g/mol. The molecule has 2 amide bonds. The van der Waals surface area contributed by atoms with E-state index < -0.39 is 6.09 Å². The van der Waals surface area contributed by atoms with Crippen molar-refractivity contribution in [3.63, 3.8) is 0 Å². The van der Waals surface area contributed by atoms with Crippen molar-refractivity contribution in [1.82, 2.24) is 9.80 Å². The maximum absolute atomic E-state index is 11.8. The Morgan fingerprint density at radius 2 is 1.82 bits per heavy atom. The van der Waals surface area contributed by atoms with Gasteiger partial charge in [0.05, 0.1) is 6.61 Å². The third-order valence-electron chi connectivity index (χ3n) is 2.89. The number of unbranched alkanes of at least 4 members (excludes halogenated alkanes) is 1. The number of piperazine rings is 1. The fraction of sp³-hybridized carbons (Fsp3) is 0.818. The molecule has 0 unspecified atom stereocenters. The van der Waals surface area contributed by atoms with Crippen LogP contribution in [0.2, 0.25) is 0 Å². The number of carbonyl (C=O) groups is 2. The molecule has 1 heterocycles. The Bertz CT molecular complexity index is 263. The van der Waals surface area contributed by atoms with Crippen molar-refractivity contribution in [2.45, 2.75) is 19.3 Å². The van der Waals surface area contributed by atoms with Gasteiger partial charge in [0.15, 0.2) is 0 Å². The Balaban J connectivity index is 2.06. The molecule has 0 atom stereocenters. The lowest BCUT2D eigenvalue weighted by Crippen LogP contribution is -2.47. The fourth-order valence-corrected chi connectivity index (χ4v) is 1.77. The number of ether oxygens (including phenoxy) is 1. The van der Waals surface area contributed by atoms with Gasteiger partial charge in [-0.3, -0.25) is 4.79 Å². The van der Waals surface area contributed by atoms with Crippen LogP contribution in [-0.4, -0.2) is 61.6 Å². The van der Waals surface area contributed by atoms with Crippen LogP contribution >= 0.6 is 0 Å². The molecule has 0 radical (unpaired) electrons. The van der Waals surface area contributed by atoms with Gasteiger partial charge in [-0.05, 0) is 19.9 Å². The van der Waals surface area contributed by atoms with Crippen molar-refractivity contribution >= 4 is 12.0 Å². The second-order valence-corrected chi connectivity index (χ2v) is 4.31. The molecular formula is C11H21N3O3. The molecule has 0 aromatic heterocycles. The number of likely N-dealkylation sites (N-methyl/N-ethyl adjacent to an activating group) is 1. The summed E-state index contributed by atoms with van der Waals surface area (Å²) in [5.41, 5.74) is 4.82. The Morgan fingerprint density at radius 3 is 2.41 bits per heavy atom. The van der Waals surface area contributed by atoms with Gasteiger partial charge in [-0.25, -0.2) is 4.79 Å². The molecule has 0 bridgehead atoms. The van der Waals surface area contributed by atoms with E-state index in [4.69, 9.17) is 5.73 Å². The van der Waals surface area contributed by atoms with E-state index in [1.807, 2.05) is 4.90 Å². The third kappa shape index (κ3) is 5.53. The summed E-state index contributed by atoms with van der Waals surface area (Å²) >= 11 is 0. The fourth-order valence-electron chi connectivity index (χ4n) is 1.77. The molecular weight excluding hydrogens is 222 g/mol. The van der Waals surface area contributed by atoms with Crippen LogP contribution in [0, 0.1) is 0 Å². The van der Waals surface area contributed by atoms with E-state index in [1.54, 1.807) is 0 Å². The number of hydrogen-bond donors (Lipinski definition) is 1. The predicted octanol–water partition coefficient (Wildman–Crippen LogP) is 0.0260. The summed E-state index contributed by atoms with van der Waals surface area (Å²) in [5.74, 6) is 0.192. The van der Waals surface area contributed by atoms with Crippen LogP contribution in [0.5, 0.6) is 0 Å². The highest BCUT2D eigenvalue weighted by Crippen LogP contribution is 2.05. The smallest absolute Gasteiger partial charge is 0.404 e. The van der Waals surface area contributed by atoms with Crippen molar-refractivity contribution < 1.29 is 14.3 Å². The van der Waals surface area contributed by atoms with Crippen molar-refractivity contribution in [3.05, 3.63) is 0 Å². The Kier molecular flexibility index (Phi) is 5.76. The van der Waals surface area contributed by atoms with Crippen LogP contribution < -0.4 is 5.73 Å². The first-order chi connectivity index (χ1) is 8.09. The first-order valence-corrected chi connectivity index (χ1v) is 5.98. The summed E-state index contributed by atoms with van der Waals surface area (Å²) < 4.78 is 4.59. The van der Waals surface area contributed by atoms with E-state index in [2.05, 4.69) is 16.7 Å². The average Bonchev–Trinajstić information content (AvgIpc) is 2.29. The lowest BCUT2D eigenvalue weighted by molar-refractivity contribution is -0.132. The van der Waals surface area contributed by atoms with Crippen LogP contribution in [0.15, 0.2) is 0 Å². The molecule has 98 valence electrons. The molecule has 0 saturated carbocycles. The van der Waals surface area contributed by atoms with Gasteiger partial charge in [0.25, 0.3) is 0 Å². The van der Waals surface area contributed by atoms with Gasteiger partial charge in [0, 0.05) is 32.6 Å². The Labute approximate surface area is 102 Å². The van der Waals surface area contributed by atoms with Crippen LogP contribution in [0.1, 0.15) is 19.3 Å². The van der Waals surface area contributed by atoms with E-state index in [1.165, 1.54) is 0 Å². The molecule has 1 aliphatic rings. The minimum absolute atomic E-state index is 0.192. The highest BCUT2D eigenvalue weighted by Gasteiger charge is 2.18. The molecule has 1 aliphatic heterocycles. The zero-order valence-corrected chi connectivity index (χ0v) is 10.4. The molecule has 1 rings (SSSR count). The topological polar surface area (TPSA) is 75.9 Å². The number of nitrogens with two attached hydrogens (primary N) is 1. The molecule has 0 aliphatic carbocycles. The van der Waals surface area contributed by atoms with Crippen molar-refractivity contribution in [2.75, 3.05) is 39.8 Å². The van der Waals surface area contributed by atoms with Gasteiger partial charge in [-0.2, -0.15) is 0 Å². The van der Waals surface area contributed by atoms with E-state index in [0.717, 1.165) is 32.6 Å². The molecule has 0 aromatic rings. The van der Waals surface area contributed by atoms with E-state index >= 15 is 0 Å². The second-order valence-electron chi connectivity index (χ2n) is 4.31. The number of hydrogen-bond acceptors (Lipinski definition) is 4. The largest absolute Gasteiger partial charge is 0.450 e. The highest BCUT2D eigenvalue weighted by atomic mass is 16.5. The minimum Gasteiger partial charge on any atom is -0.450 e. The van der Waals surface area contributed by atoms with Crippen LogP contribution in [-0.2, 0) is 9.53 Å². The van der Waals surface area contributed by atoms with Crippen molar-refractivity contribution in [1.29, 1.82) is 0 Å². The van der Waals surface area contributed by atoms with E-state index in [-0.39, 0.29) is 5.91 Å². The van der Waals surface area contributed by atoms with Gasteiger partial charge in [-0.1, -0.05) is 0 Å². The van der Waals surface area contributed by atoms with Gasteiger partial charge >= 0.3 is 6.09 Å². The molecule has 1 fully saturated rings. The summed E-state index contributed by atoms with van der Waals surface area (Å²) in [7, 11) is 2.06. The standard InChI is InChI=1S/C11H21N3O3/c1-13-5-7-14(8-6-13)10(15)4-2-3-9-17-11(12)16/h2-9H2,1H3,(H2,12,16). The molecule has 2 N–H and O–H groups in total. The molecule has 1 saturated heterocycles. The molecule has 6 heteroatoms. The number of rotatable bonds is 5. The van der Waals surface area contributed by atoms with Gasteiger partial charge in [0.1, 0.15) is 0 Å². The van der Waals surface area contributed by atoms with Gasteiger partial charge in [-0.15, -0.1) is 0 Å². The number of amides is 2. The summed E-state index contributed by atoms with van der Waals surface area (Å²) in [4.78, 5) is 26.2. The maximum atomic E-state index is 11.8. The van der Waals surface area contributed by atoms with Gasteiger partial charge in [0.2, 0.25) is 5.91 Å². The van der Waals surface area contributed by atoms with E-state index in [9.17, 15) is 9.59 Å². The number of primary amides is 1. The third-order valence-corrected chi connectivity index (χ3v) is 2.89. The summed E-state index contributed by atoms with van der Waals surface area (Å²) in [6.07, 6.45) is 1.18. The summed E-state index contributed by atoms with van der Waals surface area (Å²) in [5, 5.41) is 0. The molecule has 0 spiro atoms. The highest BCUT2D eigenvalue weighted by molar-refractivity contribution is 5.76. The molecule has 17 heavy (non-hydrogen) atoms. The van der Waals surface area contributed by atoms with E-state index in [0.29, 0.717) is 19.4 Å². The average molecular weight is 243 g/mol. The summed E-state index contributed by atoms with van der Waals surface area (Å²) in [6.45, 7) is 3.80. The zero-order valence-electron chi connectivity index (χ0n) is 10.4. The quantitative estimate of drug-likeness (QED) is 0.691. The van der Waals surface area contributed by atoms with Crippen molar-refractivity contribution in [2.24, 2.45) is 5.73 Å². The van der Waals surface area contributed by atoms with Crippen LogP contribution in [0.25, 0.3) is 0 Å². The molecule has 0 aromatic carbocycles. The van der Waals surface area contributed by atoms with Gasteiger partial charge < -0.3 is 20.3 Å². The molecule has 6 nitrogen and oxygen atoms in total. The van der Waals surface area contributed by atoms with Crippen molar-refractivity contribution in [3.8, 4) is 0 Å². The summed E-state index contributed by atoms with van der Waals surface area (Å²) in [6, 6.07) is 0. The predicted molar refractivity (Wildman–Crippen MR) is 63.5 cm³/mol. The Morgan fingerprint density at radius 1 is 1.18 bits per heavy atom. The maximum Gasteiger partial charge on any atom is 0.404 e. The number of carbonyl (C=O) groups excluding carboxylic acids is 2. The number of nitrogens with zero attached hydrogens (tertiary/aromatic N) is 2. The first-order valence-electron chi connectivity index (χ1n) is 5.98. The normalized spacial score (nSPS) is 16.9. The van der Waals surface area contributed by atoms with Crippen LogP contribution in [0.3, 0.4) is 0 Å². The lowest BCUT2D eigenvalue weighted by Gasteiger charge is -2.32. The van der Waals surface area contributed by atoms with Crippen LogP contribution in [0.4, 0.5) is 4.79 Å². The second kappa shape index (κ2) is 7.11. The lowest BCUT2D eigenvalue weighted by atomic mass is 10.2. The SMILES string of the molecule is CN1CCN(C(=O)CCCCOC(N)=O)CC1.